The topological polar surface area (TPSA) is 64.1 Å². The number of nitrogens with one attached hydrogen (secondary N) is 1. The Morgan fingerprint density at radius 3 is 2.82 bits per heavy atom. The van der Waals surface area contributed by atoms with Gasteiger partial charge < -0.3 is 14.8 Å². The fourth-order valence-corrected chi connectivity index (χ4v) is 1.49. The second-order valence-electron chi connectivity index (χ2n) is 3.41. The lowest BCUT2D eigenvalue weighted by Gasteiger charge is -2.15. The van der Waals surface area contributed by atoms with E-state index in [1.54, 1.807) is 0 Å². The fourth-order valence-electron chi connectivity index (χ4n) is 1.31. The number of aldehydes is 1. The molecule has 0 saturated carbocycles. The van der Waals surface area contributed by atoms with Crippen molar-refractivity contribution in [2.24, 2.45) is 0 Å². The molecule has 0 saturated heterocycles. The Balaban J connectivity index is 3.08. The van der Waals surface area contributed by atoms with E-state index in [0.717, 1.165) is 6.29 Å². The van der Waals surface area contributed by atoms with Crippen molar-refractivity contribution >= 4 is 29.8 Å². The van der Waals surface area contributed by atoms with E-state index in [0.29, 0.717) is 23.7 Å². The summed E-state index contributed by atoms with van der Waals surface area (Å²) in [6, 6.07) is -0.0648. The summed E-state index contributed by atoms with van der Waals surface area (Å²) in [6.45, 7) is 5.48. The van der Waals surface area contributed by atoms with Crippen LogP contribution in [0.3, 0.4) is 0 Å². The number of carbonyl (C=O) groups excluding carboxylic acids is 1. The molecule has 1 rings (SSSR count). The molecule has 0 aliphatic carbocycles. The van der Waals surface area contributed by atoms with E-state index in [1.807, 2.05) is 6.92 Å². The van der Waals surface area contributed by atoms with E-state index in [4.69, 9.17) is 16.3 Å². The van der Waals surface area contributed by atoms with Gasteiger partial charge in [-0.3, -0.25) is 0 Å². The van der Waals surface area contributed by atoms with Crippen LogP contribution >= 0.6 is 11.6 Å². The number of anilines is 1. The van der Waals surface area contributed by atoms with Crippen LogP contribution in [0.1, 0.15) is 19.0 Å². The molecule has 0 aromatic carbocycles. The van der Waals surface area contributed by atoms with Crippen molar-refractivity contribution in [3.63, 3.8) is 0 Å². The van der Waals surface area contributed by atoms with Crippen molar-refractivity contribution in [1.29, 1.82) is 0 Å². The van der Waals surface area contributed by atoms with Crippen LogP contribution in [0.15, 0.2) is 6.58 Å². The largest absolute Gasteiger partial charge is 0.491 e. The lowest BCUT2D eigenvalue weighted by Crippen LogP contribution is -2.17. The predicted octanol–water partition coefficient (Wildman–Crippen LogP) is 2.17. The summed E-state index contributed by atoms with van der Waals surface area (Å²) >= 11 is 5.78. The van der Waals surface area contributed by atoms with Gasteiger partial charge in [0.15, 0.2) is 11.6 Å². The maximum Gasteiger partial charge on any atom is 0.225 e. The molecule has 6 heteroatoms. The van der Waals surface area contributed by atoms with Crippen LogP contribution in [0.4, 0.5) is 5.82 Å². The number of carbonyl (C=O) groups is 1. The molecule has 0 spiro atoms. The van der Waals surface area contributed by atoms with Gasteiger partial charge in [-0.15, -0.1) is 0 Å². The molecule has 1 aromatic heterocycles. The second kappa shape index (κ2) is 6.20. The highest BCUT2D eigenvalue weighted by molar-refractivity contribution is 6.28. The summed E-state index contributed by atoms with van der Waals surface area (Å²) in [6.07, 6.45) is 2.73. The standard InChI is InChI=1S/C11H14ClN3O2/c1-4-8-9(17-3)10(15-11(12)14-8)13-7(2)5-6-16/h4,6-7H,1,5H2,2-3H3,(H,13,14,15). The van der Waals surface area contributed by atoms with Gasteiger partial charge in [-0.1, -0.05) is 6.58 Å². The van der Waals surface area contributed by atoms with E-state index in [-0.39, 0.29) is 11.3 Å². The van der Waals surface area contributed by atoms with Crippen LogP contribution in [-0.4, -0.2) is 29.4 Å². The second-order valence-corrected chi connectivity index (χ2v) is 3.75. The average Bonchev–Trinajstić information content (AvgIpc) is 2.28. The molecular formula is C11H14ClN3O2. The number of halogens is 1. The molecule has 0 radical (unpaired) electrons. The summed E-state index contributed by atoms with van der Waals surface area (Å²) in [4.78, 5) is 18.4. The summed E-state index contributed by atoms with van der Waals surface area (Å²) < 4.78 is 5.20. The third kappa shape index (κ3) is 3.42. The zero-order valence-corrected chi connectivity index (χ0v) is 10.5. The average molecular weight is 256 g/mol. The monoisotopic (exact) mass is 255 g/mol. The molecule has 1 heterocycles. The number of nitrogens with zero attached hydrogens (tertiary/aromatic N) is 2. The number of hydrogen-bond donors (Lipinski definition) is 1. The van der Waals surface area contributed by atoms with E-state index >= 15 is 0 Å². The smallest absolute Gasteiger partial charge is 0.225 e. The maximum absolute atomic E-state index is 10.4. The first kappa shape index (κ1) is 13.4. The molecule has 5 nitrogen and oxygen atoms in total. The number of aromatic nitrogens is 2. The van der Waals surface area contributed by atoms with E-state index in [2.05, 4.69) is 21.9 Å². The molecular weight excluding hydrogens is 242 g/mol. The van der Waals surface area contributed by atoms with Crippen LogP contribution in [0.2, 0.25) is 5.28 Å². The van der Waals surface area contributed by atoms with Crippen LogP contribution in [0, 0.1) is 0 Å². The SMILES string of the molecule is C=Cc1nc(Cl)nc(NC(C)CC=O)c1OC. The molecule has 92 valence electrons. The highest BCUT2D eigenvalue weighted by atomic mass is 35.5. The van der Waals surface area contributed by atoms with E-state index in [1.165, 1.54) is 13.2 Å². The lowest BCUT2D eigenvalue weighted by molar-refractivity contribution is -0.107. The molecule has 1 N–H and O–H groups in total. The fraction of sp³-hybridized carbons (Fsp3) is 0.364. The molecule has 17 heavy (non-hydrogen) atoms. The predicted molar refractivity (Wildman–Crippen MR) is 67.5 cm³/mol. The molecule has 1 unspecified atom stereocenters. The third-order valence-electron chi connectivity index (χ3n) is 2.09. The van der Waals surface area contributed by atoms with Crippen LogP contribution in [-0.2, 0) is 4.79 Å². The van der Waals surface area contributed by atoms with Gasteiger partial charge in [0.05, 0.1) is 7.11 Å². The van der Waals surface area contributed by atoms with Gasteiger partial charge in [-0.25, -0.2) is 4.98 Å². The Morgan fingerprint density at radius 2 is 2.29 bits per heavy atom. The first-order valence-electron chi connectivity index (χ1n) is 5.06. The minimum atomic E-state index is -0.0648. The molecule has 1 atom stereocenters. The van der Waals surface area contributed by atoms with Crippen molar-refractivity contribution in [2.45, 2.75) is 19.4 Å². The first-order chi connectivity index (χ1) is 8.12. The van der Waals surface area contributed by atoms with Crippen LogP contribution < -0.4 is 10.1 Å². The number of rotatable bonds is 6. The van der Waals surface area contributed by atoms with Crippen molar-refractivity contribution in [3.8, 4) is 5.75 Å². The Bertz CT molecular complexity index is 423. The minimum Gasteiger partial charge on any atom is -0.491 e. The van der Waals surface area contributed by atoms with Gasteiger partial charge in [0.2, 0.25) is 5.28 Å². The van der Waals surface area contributed by atoms with Crippen molar-refractivity contribution in [1.82, 2.24) is 9.97 Å². The zero-order chi connectivity index (χ0) is 12.8. The number of methoxy groups -OCH3 is 1. The first-order valence-corrected chi connectivity index (χ1v) is 5.44. The summed E-state index contributed by atoms with van der Waals surface area (Å²) in [5.74, 6) is 0.916. The Labute approximate surface area is 105 Å². The highest BCUT2D eigenvalue weighted by Crippen LogP contribution is 2.28. The maximum atomic E-state index is 10.4. The van der Waals surface area contributed by atoms with Crippen molar-refractivity contribution < 1.29 is 9.53 Å². The molecule has 0 aliphatic rings. The van der Waals surface area contributed by atoms with E-state index in [9.17, 15) is 4.79 Å². The van der Waals surface area contributed by atoms with Crippen molar-refractivity contribution in [2.75, 3.05) is 12.4 Å². The van der Waals surface area contributed by atoms with Crippen LogP contribution in [0.25, 0.3) is 6.08 Å². The van der Waals surface area contributed by atoms with Crippen molar-refractivity contribution in [3.05, 3.63) is 17.6 Å². The van der Waals surface area contributed by atoms with Crippen LogP contribution in [0.5, 0.6) is 5.75 Å². The summed E-state index contributed by atoms with van der Waals surface area (Å²) in [7, 11) is 1.51. The Hall–Kier alpha value is -1.62. The zero-order valence-electron chi connectivity index (χ0n) is 9.74. The van der Waals surface area contributed by atoms with Gasteiger partial charge in [-0.05, 0) is 24.6 Å². The summed E-state index contributed by atoms with van der Waals surface area (Å²) in [5.41, 5.74) is 0.508. The quantitative estimate of drug-likeness (QED) is 0.623. The minimum absolute atomic E-state index is 0.0648. The molecule has 0 aliphatic heterocycles. The van der Waals surface area contributed by atoms with Gasteiger partial charge in [0, 0.05) is 12.5 Å². The molecule has 0 bridgehead atoms. The Kier molecular flexibility index (Phi) is 4.90. The highest BCUT2D eigenvalue weighted by Gasteiger charge is 2.14. The number of hydrogen-bond acceptors (Lipinski definition) is 5. The third-order valence-corrected chi connectivity index (χ3v) is 2.26. The number of ether oxygens (including phenoxy) is 1. The lowest BCUT2D eigenvalue weighted by atomic mass is 10.2. The van der Waals surface area contributed by atoms with Gasteiger partial charge >= 0.3 is 0 Å². The Morgan fingerprint density at radius 1 is 1.59 bits per heavy atom. The molecule has 1 aromatic rings. The molecule has 0 fully saturated rings. The summed E-state index contributed by atoms with van der Waals surface area (Å²) in [5, 5.41) is 3.14. The van der Waals surface area contributed by atoms with E-state index < -0.39 is 0 Å². The van der Waals surface area contributed by atoms with Gasteiger partial charge in [0.1, 0.15) is 12.0 Å². The van der Waals surface area contributed by atoms with Gasteiger partial charge in [0.25, 0.3) is 0 Å². The normalized spacial score (nSPS) is 11.7. The molecule has 0 amide bonds. The van der Waals surface area contributed by atoms with Gasteiger partial charge in [-0.2, -0.15) is 4.98 Å².